The number of aryl methyl sites for hydroxylation is 3. The largest absolute Gasteiger partial charge is 0.469 e. The van der Waals surface area contributed by atoms with Crippen molar-refractivity contribution in [2.75, 3.05) is 0 Å². The molecule has 3 heterocycles. The summed E-state index contributed by atoms with van der Waals surface area (Å²) >= 11 is 0. The zero-order valence-electron chi connectivity index (χ0n) is 10.8. The number of furan rings is 1. The maximum absolute atomic E-state index is 5.76. The molecule has 3 aromatic heterocycles. The van der Waals surface area contributed by atoms with Gasteiger partial charge in [0.05, 0.1) is 12.0 Å². The Morgan fingerprint density at radius 1 is 1.32 bits per heavy atom. The zero-order chi connectivity index (χ0) is 13.2. The maximum atomic E-state index is 5.76. The first-order chi connectivity index (χ1) is 9.28. The molecule has 0 aliphatic rings. The maximum Gasteiger partial charge on any atom is 0.141 e. The fourth-order valence-corrected chi connectivity index (χ4v) is 2.34. The monoisotopic (exact) mass is 256 g/mol. The van der Waals surface area contributed by atoms with Crippen LogP contribution in [0.5, 0.6) is 0 Å². The molecule has 19 heavy (non-hydrogen) atoms. The summed E-state index contributed by atoms with van der Waals surface area (Å²) in [4.78, 5) is 12.1. The van der Waals surface area contributed by atoms with Crippen LogP contribution in [0, 0.1) is 6.92 Å². The quantitative estimate of drug-likeness (QED) is 0.749. The second-order valence-electron chi connectivity index (χ2n) is 4.54. The molecule has 0 radical (unpaired) electrons. The van der Waals surface area contributed by atoms with E-state index < -0.39 is 0 Å². The number of aromatic nitrogens is 3. The van der Waals surface area contributed by atoms with E-state index in [1.165, 1.54) is 0 Å². The molecule has 98 valence electrons. The van der Waals surface area contributed by atoms with Crippen LogP contribution in [0.1, 0.15) is 22.8 Å². The van der Waals surface area contributed by atoms with Gasteiger partial charge in [-0.15, -0.1) is 0 Å². The molecule has 0 spiro atoms. The van der Waals surface area contributed by atoms with E-state index in [9.17, 15) is 0 Å². The van der Waals surface area contributed by atoms with E-state index in [-0.39, 0.29) is 0 Å². The number of nitrogens with two attached hydrogens (primary N) is 1. The van der Waals surface area contributed by atoms with Gasteiger partial charge in [-0.05, 0) is 31.0 Å². The van der Waals surface area contributed by atoms with Crippen molar-refractivity contribution in [3.63, 3.8) is 0 Å². The molecule has 5 heteroatoms. The normalized spacial score (nSPS) is 11.3. The number of hydrogen-bond acceptors (Lipinski definition) is 4. The molecule has 0 bridgehead atoms. The SMILES string of the molecule is Cc1nc(CCc2ccco2)c2c(CN)c[nH]c2n1. The summed E-state index contributed by atoms with van der Waals surface area (Å²) in [5, 5.41) is 1.06. The van der Waals surface area contributed by atoms with Gasteiger partial charge in [0, 0.05) is 24.5 Å². The third-order valence-corrected chi connectivity index (χ3v) is 3.21. The average Bonchev–Trinajstić information content (AvgIpc) is 3.04. The first-order valence-electron chi connectivity index (χ1n) is 6.34. The summed E-state index contributed by atoms with van der Waals surface area (Å²) in [6.07, 6.45) is 5.25. The molecular weight excluding hydrogens is 240 g/mol. The van der Waals surface area contributed by atoms with Crippen LogP contribution in [0.2, 0.25) is 0 Å². The second-order valence-corrected chi connectivity index (χ2v) is 4.54. The molecule has 0 aliphatic heterocycles. The average molecular weight is 256 g/mol. The van der Waals surface area contributed by atoms with E-state index in [1.54, 1.807) is 6.26 Å². The fraction of sp³-hybridized carbons (Fsp3) is 0.286. The van der Waals surface area contributed by atoms with Gasteiger partial charge in [-0.1, -0.05) is 0 Å². The lowest BCUT2D eigenvalue weighted by atomic mass is 10.1. The number of hydrogen-bond donors (Lipinski definition) is 2. The zero-order valence-corrected chi connectivity index (χ0v) is 10.8. The minimum Gasteiger partial charge on any atom is -0.469 e. The first-order valence-corrected chi connectivity index (χ1v) is 6.34. The number of nitrogens with one attached hydrogen (secondary N) is 1. The van der Waals surface area contributed by atoms with Gasteiger partial charge in [0.2, 0.25) is 0 Å². The highest BCUT2D eigenvalue weighted by Crippen LogP contribution is 2.21. The Morgan fingerprint density at radius 3 is 2.95 bits per heavy atom. The van der Waals surface area contributed by atoms with Crippen molar-refractivity contribution in [2.45, 2.75) is 26.3 Å². The summed E-state index contributed by atoms with van der Waals surface area (Å²) in [5.74, 6) is 1.74. The van der Waals surface area contributed by atoms with Gasteiger partial charge >= 0.3 is 0 Å². The molecule has 3 aromatic rings. The van der Waals surface area contributed by atoms with Crippen molar-refractivity contribution >= 4 is 11.0 Å². The Kier molecular flexibility index (Phi) is 3.05. The molecule has 0 unspecified atom stereocenters. The third kappa shape index (κ3) is 2.24. The summed E-state index contributed by atoms with van der Waals surface area (Å²) in [6.45, 7) is 2.39. The number of aromatic amines is 1. The van der Waals surface area contributed by atoms with Crippen LogP contribution < -0.4 is 5.73 Å². The van der Waals surface area contributed by atoms with Crippen molar-refractivity contribution in [3.8, 4) is 0 Å². The second kappa shape index (κ2) is 4.85. The minimum atomic E-state index is 0.486. The van der Waals surface area contributed by atoms with E-state index in [2.05, 4.69) is 15.0 Å². The number of rotatable bonds is 4. The summed E-state index contributed by atoms with van der Waals surface area (Å²) in [6, 6.07) is 3.88. The van der Waals surface area contributed by atoms with Crippen LogP contribution in [-0.4, -0.2) is 15.0 Å². The van der Waals surface area contributed by atoms with Crippen LogP contribution in [0.3, 0.4) is 0 Å². The van der Waals surface area contributed by atoms with Crippen molar-refractivity contribution in [1.82, 2.24) is 15.0 Å². The van der Waals surface area contributed by atoms with Crippen LogP contribution in [0.25, 0.3) is 11.0 Å². The minimum absolute atomic E-state index is 0.486. The van der Waals surface area contributed by atoms with E-state index in [4.69, 9.17) is 10.2 Å². The molecule has 3 N–H and O–H groups in total. The summed E-state index contributed by atoms with van der Waals surface area (Å²) < 4.78 is 5.36. The molecule has 3 rings (SSSR count). The first kappa shape index (κ1) is 11.9. The Morgan fingerprint density at radius 2 is 2.21 bits per heavy atom. The highest BCUT2D eigenvalue weighted by molar-refractivity contribution is 5.82. The highest BCUT2D eigenvalue weighted by Gasteiger charge is 2.12. The van der Waals surface area contributed by atoms with Crippen molar-refractivity contribution in [1.29, 1.82) is 0 Å². The van der Waals surface area contributed by atoms with Crippen LogP contribution in [-0.2, 0) is 19.4 Å². The van der Waals surface area contributed by atoms with Gasteiger partial charge in [-0.2, -0.15) is 0 Å². The lowest BCUT2D eigenvalue weighted by Crippen LogP contribution is -2.02. The fourth-order valence-electron chi connectivity index (χ4n) is 2.34. The molecular formula is C14H16N4O. The third-order valence-electron chi connectivity index (χ3n) is 3.21. The van der Waals surface area contributed by atoms with Crippen molar-refractivity contribution in [2.24, 2.45) is 5.73 Å². The Bertz CT molecular complexity index is 685. The van der Waals surface area contributed by atoms with E-state index in [0.29, 0.717) is 6.54 Å². The molecule has 0 saturated heterocycles. The predicted molar refractivity (Wildman–Crippen MR) is 72.6 cm³/mol. The summed E-state index contributed by atoms with van der Waals surface area (Å²) in [7, 11) is 0. The molecule has 5 nitrogen and oxygen atoms in total. The number of fused-ring (bicyclic) bond motifs is 1. The predicted octanol–water partition coefficient (Wildman–Crippen LogP) is 2.10. The van der Waals surface area contributed by atoms with Gasteiger partial charge < -0.3 is 15.1 Å². The molecule has 0 atom stereocenters. The summed E-state index contributed by atoms with van der Waals surface area (Å²) in [5.41, 5.74) is 8.72. The Balaban J connectivity index is 1.98. The van der Waals surface area contributed by atoms with Crippen molar-refractivity contribution < 1.29 is 4.42 Å². The molecule has 0 amide bonds. The lowest BCUT2D eigenvalue weighted by Gasteiger charge is -2.04. The van der Waals surface area contributed by atoms with Crippen LogP contribution in [0.15, 0.2) is 29.0 Å². The molecule has 0 saturated carbocycles. The molecule has 0 aliphatic carbocycles. The van der Waals surface area contributed by atoms with E-state index >= 15 is 0 Å². The highest BCUT2D eigenvalue weighted by atomic mass is 16.3. The number of H-pyrrole nitrogens is 1. The van der Waals surface area contributed by atoms with Gasteiger partial charge in [0.15, 0.2) is 0 Å². The van der Waals surface area contributed by atoms with E-state index in [0.717, 1.165) is 46.7 Å². The smallest absolute Gasteiger partial charge is 0.141 e. The molecule has 0 fully saturated rings. The molecule has 0 aromatic carbocycles. The number of nitrogens with zero attached hydrogens (tertiary/aromatic N) is 2. The van der Waals surface area contributed by atoms with Gasteiger partial charge in [0.25, 0.3) is 0 Å². The van der Waals surface area contributed by atoms with Crippen LogP contribution in [0.4, 0.5) is 0 Å². The lowest BCUT2D eigenvalue weighted by molar-refractivity contribution is 0.507. The van der Waals surface area contributed by atoms with Gasteiger partial charge in [-0.25, -0.2) is 9.97 Å². The van der Waals surface area contributed by atoms with Gasteiger partial charge in [-0.3, -0.25) is 0 Å². The van der Waals surface area contributed by atoms with Gasteiger partial charge in [0.1, 0.15) is 17.2 Å². The van der Waals surface area contributed by atoms with Crippen LogP contribution >= 0.6 is 0 Å². The van der Waals surface area contributed by atoms with Crippen molar-refractivity contribution in [3.05, 3.63) is 47.4 Å². The Labute approximate surface area is 110 Å². The Hall–Kier alpha value is -2.14. The topological polar surface area (TPSA) is 80.7 Å². The standard InChI is InChI=1S/C14H16N4O/c1-9-17-12(5-4-11-3-2-6-19-11)13-10(7-15)8-16-14(13)18-9/h2-3,6,8H,4-5,7,15H2,1H3,(H,16,17,18). The van der Waals surface area contributed by atoms with E-state index in [1.807, 2.05) is 25.3 Å².